The van der Waals surface area contributed by atoms with E-state index in [1.54, 1.807) is 0 Å². The standard InChI is InChI=1S/C9H14N2O/c1-9(2,3)11-5-7(4-10-11)8-6-12-8/h4-5,8H,6H2,1-3H3/t8-/m1/s1. The Bertz CT molecular complexity index is 281. The number of ether oxygens (including phenoxy) is 1. The fourth-order valence-electron chi connectivity index (χ4n) is 1.11. The molecule has 0 radical (unpaired) electrons. The molecule has 0 bridgehead atoms. The molecule has 0 unspecified atom stereocenters. The molecule has 1 aromatic heterocycles. The van der Waals surface area contributed by atoms with Gasteiger partial charge in [0.05, 0.1) is 18.3 Å². The Labute approximate surface area is 72.3 Å². The fourth-order valence-corrected chi connectivity index (χ4v) is 1.11. The quantitative estimate of drug-likeness (QED) is 0.594. The van der Waals surface area contributed by atoms with Crippen molar-refractivity contribution in [2.45, 2.75) is 32.4 Å². The van der Waals surface area contributed by atoms with Gasteiger partial charge in [-0.25, -0.2) is 0 Å². The molecule has 12 heavy (non-hydrogen) atoms. The summed E-state index contributed by atoms with van der Waals surface area (Å²) in [6, 6.07) is 0. The zero-order valence-electron chi connectivity index (χ0n) is 7.74. The van der Waals surface area contributed by atoms with Crippen LogP contribution in [0, 0.1) is 0 Å². The highest BCUT2D eigenvalue weighted by molar-refractivity contribution is 5.12. The van der Waals surface area contributed by atoms with Crippen molar-refractivity contribution in [1.29, 1.82) is 0 Å². The van der Waals surface area contributed by atoms with Gasteiger partial charge in [-0.05, 0) is 20.8 Å². The first-order chi connectivity index (χ1) is 5.57. The third-order valence-electron chi connectivity index (χ3n) is 1.99. The van der Waals surface area contributed by atoms with E-state index in [1.165, 1.54) is 5.56 Å². The molecule has 1 aliphatic heterocycles. The minimum absolute atomic E-state index is 0.0765. The molecule has 3 nitrogen and oxygen atoms in total. The molecule has 1 aromatic rings. The summed E-state index contributed by atoms with van der Waals surface area (Å²) in [5.41, 5.74) is 1.28. The molecule has 1 fully saturated rings. The Morgan fingerprint density at radius 3 is 2.67 bits per heavy atom. The van der Waals surface area contributed by atoms with Crippen molar-refractivity contribution < 1.29 is 4.74 Å². The lowest BCUT2D eigenvalue weighted by Gasteiger charge is -2.18. The topological polar surface area (TPSA) is 30.4 Å². The van der Waals surface area contributed by atoms with Gasteiger partial charge in [-0.3, -0.25) is 4.68 Å². The Balaban J connectivity index is 2.23. The van der Waals surface area contributed by atoms with Gasteiger partial charge >= 0.3 is 0 Å². The average molecular weight is 166 g/mol. The van der Waals surface area contributed by atoms with Crippen LogP contribution in [-0.2, 0) is 10.3 Å². The van der Waals surface area contributed by atoms with Gasteiger partial charge in [0.1, 0.15) is 6.10 Å². The van der Waals surface area contributed by atoms with Gasteiger partial charge in [0, 0.05) is 11.8 Å². The lowest BCUT2D eigenvalue weighted by molar-refractivity contribution is 0.354. The zero-order chi connectivity index (χ0) is 8.77. The lowest BCUT2D eigenvalue weighted by Crippen LogP contribution is -2.21. The van der Waals surface area contributed by atoms with Crippen molar-refractivity contribution >= 4 is 0 Å². The third kappa shape index (κ3) is 1.37. The van der Waals surface area contributed by atoms with Crippen LogP contribution in [0.4, 0.5) is 0 Å². The summed E-state index contributed by atoms with van der Waals surface area (Å²) in [6.07, 6.45) is 4.28. The molecule has 1 saturated heterocycles. The Hall–Kier alpha value is -0.830. The first-order valence-electron chi connectivity index (χ1n) is 4.24. The van der Waals surface area contributed by atoms with E-state index in [1.807, 2.05) is 10.9 Å². The molecule has 2 rings (SSSR count). The number of hydrogen-bond acceptors (Lipinski definition) is 2. The summed E-state index contributed by atoms with van der Waals surface area (Å²) in [5.74, 6) is 0. The largest absolute Gasteiger partial charge is 0.368 e. The van der Waals surface area contributed by atoms with Crippen LogP contribution >= 0.6 is 0 Å². The maximum absolute atomic E-state index is 5.17. The van der Waals surface area contributed by atoms with Crippen LogP contribution < -0.4 is 0 Å². The van der Waals surface area contributed by atoms with Crippen LogP contribution in [-0.4, -0.2) is 16.4 Å². The van der Waals surface area contributed by atoms with Gasteiger partial charge < -0.3 is 4.74 Å². The van der Waals surface area contributed by atoms with Crippen molar-refractivity contribution in [2.75, 3.05) is 6.61 Å². The second-order valence-corrected chi connectivity index (χ2v) is 4.21. The van der Waals surface area contributed by atoms with Crippen molar-refractivity contribution in [1.82, 2.24) is 9.78 Å². The summed E-state index contributed by atoms with van der Waals surface area (Å²) in [4.78, 5) is 0. The monoisotopic (exact) mass is 166 g/mol. The summed E-state index contributed by atoms with van der Waals surface area (Å²) in [7, 11) is 0. The predicted octanol–water partition coefficient (Wildman–Crippen LogP) is 1.71. The van der Waals surface area contributed by atoms with E-state index in [0.29, 0.717) is 6.10 Å². The molecule has 0 aliphatic carbocycles. The Morgan fingerprint density at radius 2 is 2.25 bits per heavy atom. The Kier molecular flexibility index (Phi) is 1.51. The first kappa shape index (κ1) is 7.80. The van der Waals surface area contributed by atoms with Crippen LogP contribution in [0.1, 0.15) is 32.4 Å². The molecule has 0 N–H and O–H groups in total. The highest BCUT2D eigenvalue weighted by atomic mass is 16.6. The highest BCUT2D eigenvalue weighted by Crippen LogP contribution is 2.29. The van der Waals surface area contributed by atoms with Gasteiger partial charge in [-0.2, -0.15) is 5.10 Å². The zero-order valence-corrected chi connectivity index (χ0v) is 7.74. The smallest absolute Gasteiger partial charge is 0.109 e. The number of aromatic nitrogens is 2. The summed E-state index contributed by atoms with van der Waals surface area (Å²) < 4.78 is 7.14. The van der Waals surface area contributed by atoms with Gasteiger partial charge in [0.2, 0.25) is 0 Å². The predicted molar refractivity (Wildman–Crippen MR) is 45.9 cm³/mol. The SMILES string of the molecule is CC(C)(C)n1cc([C@H]2CO2)cn1. The summed E-state index contributed by atoms with van der Waals surface area (Å²) in [5, 5.41) is 4.29. The highest BCUT2D eigenvalue weighted by Gasteiger charge is 2.27. The molecule has 2 heterocycles. The van der Waals surface area contributed by atoms with Crippen molar-refractivity contribution in [3.05, 3.63) is 18.0 Å². The second-order valence-electron chi connectivity index (χ2n) is 4.21. The molecule has 0 amide bonds. The molecule has 0 saturated carbocycles. The average Bonchev–Trinajstić information content (AvgIpc) is 2.66. The van der Waals surface area contributed by atoms with Crippen molar-refractivity contribution in [3.8, 4) is 0 Å². The van der Waals surface area contributed by atoms with E-state index in [-0.39, 0.29) is 5.54 Å². The fraction of sp³-hybridized carbons (Fsp3) is 0.667. The van der Waals surface area contributed by atoms with E-state index in [4.69, 9.17) is 4.74 Å². The van der Waals surface area contributed by atoms with Crippen LogP contribution in [0.5, 0.6) is 0 Å². The van der Waals surface area contributed by atoms with E-state index in [0.717, 1.165) is 6.61 Å². The molecule has 1 atom stereocenters. The van der Waals surface area contributed by atoms with Crippen molar-refractivity contribution in [2.24, 2.45) is 0 Å². The van der Waals surface area contributed by atoms with Crippen LogP contribution in [0.3, 0.4) is 0 Å². The number of rotatable bonds is 1. The van der Waals surface area contributed by atoms with E-state index >= 15 is 0 Å². The van der Waals surface area contributed by atoms with E-state index in [9.17, 15) is 0 Å². The molecule has 0 aromatic carbocycles. The van der Waals surface area contributed by atoms with E-state index < -0.39 is 0 Å². The van der Waals surface area contributed by atoms with Gasteiger partial charge in [-0.1, -0.05) is 0 Å². The molecular weight excluding hydrogens is 152 g/mol. The molecule has 66 valence electrons. The number of epoxide rings is 1. The second kappa shape index (κ2) is 2.33. The van der Waals surface area contributed by atoms with Gasteiger partial charge in [0.15, 0.2) is 0 Å². The van der Waals surface area contributed by atoms with Crippen LogP contribution in [0.25, 0.3) is 0 Å². The van der Waals surface area contributed by atoms with E-state index in [2.05, 4.69) is 32.1 Å². The molecular formula is C9H14N2O. The summed E-state index contributed by atoms with van der Waals surface area (Å²) >= 11 is 0. The minimum Gasteiger partial charge on any atom is -0.368 e. The molecule has 1 aliphatic rings. The maximum atomic E-state index is 5.17. The lowest BCUT2D eigenvalue weighted by atomic mass is 10.1. The minimum atomic E-state index is 0.0765. The van der Waals surface area contributed by atoms with Gasteiger partial charge in [-0.15, -0.1) is 0 Å². The first-order valence-corrected chi connectivity index (χ1v) is 4.24. The number of nitrogens with zero attached hydrogens (tertiary/aromatic N) is 2. The third-order valence-corrected chi connectivity index (χ3v) is 1.99. The van der Waals surface area contributed by atoms with Crippen LogP contribution in [0.2, 0.25) is 0 Å². The maximum Gasteiger partial charge on any atom is 0.109 e. The number of hydrogen-bond donors (Lipinski definition) is 0. The van der Waals surface area contributed by atoms with Gasteiger partial charge in [0.25, 0.3) is 0 Å². The summed E-state index contributed by atoms with van der Waals surface area (Å²) in [6.45, 7) is 7.27. The van der Waals surface area contributed by atoms with Crippen LogP contribution in [0.15, 0.2) is 12.4 Å². The van der Waals surface area contributed by atoms with Crippen molar-refractivity contribution in [3.63, 3.8) is 0 Å². The Morgan fingerprint density at radius 1 is 1.58 bits per heavy atom. The molecule has 3 heteroatoms. The normalized spacial score (nSPS) is 22.8. The molecule has 0 spiro atoms.